The lowest BCUT2D eigenvalue weighted by Crippen LogP contribution is -2.18. The van der Waals surface area contributed by atoms with Crippen LogP contribution in [0.4, 0.5) is 0 Å². The van der Waals surface area contributed by atoms with Crippen LogP contribution < -0.4 is 5.32 Å². The Morgan fingerprint density at radius 1 is 1.06 bits per heavy atom. The first-order valence-electron chi connectivity index (χ1n) is 6.38. The molecule has 1 aromatic carbocycles. The number of furan rings is 1. The Morgan fingerprint density at radius 3 is 2.22 bits per heavy atom. The van der Waals surface area contributed by atoms with E-state index < -0.39 is 0 Å². The van der Waals surface area contributed by atoms with Crippen molar-refractivity contribution in [3.8, 4) is 0 Å². The molecule has 0 aliphatic carbocycles. The summed E-state index contributed by atoms with van der Waals surface area (Å²) in [6, 6.07) is 9.13. The fraction of sp³-hybridized carbons (Fsp3) is 0.375. The normalized spacial score (nSPS) is 12.7. The molecular formula is C16H21NO. The molecule has 1 N–H and O–H groups in total. The molecule has 0 bridgehead atoms. The highest BCUT2D eigenvalue weighted by atomic mass is 16.3. The molecule has 0 aliphatic heterocycles. The summed E-state index contributed by atoms with van der Waals surface area (Å²) in [5, 5.41) is 3.36. The van der Waals surface area contributed by atoms with E-state index in [1.165, 1.54) is 22.3 Å². The quantitative estimate of drug-likeness (QED) is 0.885. The largest absolute Gasteiger partial charge is 0.469 e. The summed E-state index contributed by atoms with van der Waals surface area (Å²) >= 11 is 0. The number of hydrogen-bond acceptors (Lipinski definition) is 2. The molecule has 0 saturated heterocycles. The number of rotatable bonds is 4. The molecule has 96 valence electrons. The molecule has 2 aromatic rings. The van der Waals surface area contributed by atoms with Crippen LogP contribution in [0.3, 0.4) is 0 Å². The molecular weight excluding hydrogens is 222 g/mol. The Kier molecular flexibility index (Phi) is 3.87. The molecule has 1 heterocycles. The number of aryl methyl sites for hydroxylation is 3. The van der Waals surface area contributed by atoms with E-state index in [1.54, 1.807) is 0 Å². The zero-order valence-corrected chi connectivity index (χ0v) is 11.6. The van der Waals surface area contributed by atoms with Crippen LogP contribution in [0, 0.1) is 20.8 Å². The number of nitrogens with one attached hydrogen (secondary N) is 1. The summed E-state index contributed by atoms with van der Waals surface area (Å²) in [5.74, 6) is 0.964. The lowest BCUT2D eigenvalue weighted by atomic mass is 9.98. The Morgan fingerprint density at radius 2 is 1.72 bits per heavy atom. The topological polar surface area (TPSA) is 25.2 Å². The summed E-state index contributed by atoms with van der Waals surface area (Å²) < 4.78 is 5.39. The van der Waals surface area contributed by atoms with Gasteiger partial charge in [-0.1, -0.05) is 29.3 Å². The van der Waals surface area contributed by atoms with E-state index in [2.05, 4.69) is 43.4 Å². The Bertz CT molecular complexity index is 507. The minimum Gasteiger partial charge on any atom is -0.469 e. The maximum atomic E-state index is 5.39. The van der Waals surface area contributed by atoms with E-state index in [9.17, 15) is 0 Å². The molecule has 2 nitrogen and oxygen atoms in total. The maximum Gasteiger partial charge on any atom is 0.101 e. The summed E-state index contributed by atoms with van der Waals surface area (Å²) in [6.07, 6.45) is 2.83. The molecule has 1 aromatic heterocycles. The van der Waals surface area contributed by atoms with Crippen LogP contribution >= 0.6 is 0 Å². The molecule has 0 aliphatic rings. The van der Waals surface area contributed by atoms with Gasteiger partial charge in [0.1, 0.15) is 5.76 Å². The highest BCUT2D eigenvalue weighted by molar-refractivity contribution is 5.30. The van der Waals surface area contributed by atoms with Crippen molar-refractivity contribution >= 4 is 0 Å². The summed E-state index contributed by atoms with van der Waals surface area (Å²) in [7, 11) is 2.00. The van der Waals surface area contributed by atoms with E-state index in [4.69, 9.17) is 4.42 Å². The monoisotopic (exact) mass is 243 g/mol. The highest BCUT2D eigenvalue weighted by Gasteiger charge is 2.12. The molecule has 0 fully saturated rings. The second-order valence-corrected chi connectivity index (χ2v) is 5.03. The third-order valence-electron chi connectivity index (χ3n) is 3.22. The van der Waals surface area contributed by atoms with Crippen molar-refractivity contribution in [3.63, 3.8) is 0 Å². The standard InChI is InChI=1S/C16H21NO/c1-11-5-12(2)7-14(6-11)9-16(17-4)15-8-13(3)18-10-15/h5-8,10,16-17H,9H2,1-4H3. The van der Waals surface area contributed by atoms with Crippen molar-refractivity contribution < 1.29 is 4.42 Å². The first-order chi connectivity index (χ1) is 8.58. The minimum atomic E-state index is 0.309. The minimum absolute atomic E-state index is 0.309. The first-order valence-corrected chi connectivity index (χ1v) is 6.38. The van der Waals surface area contributed by atoms with Gasteiger partial charge in [0.05, 0.1) is 6.26 Å². The van der Waals surface area contributed by atoms with Crippen molar-refractivity contribution in [3.05, 3.63) is 58.5 Å². The average molecular weight is 243 g/mol. The molecule has 0 amide bonds. The fourth-order valence-electron chi connectivity index (χ4n) is 2.46. The van der Waals surface area contributed by atoms with Gasteiger partial charge >= 0.3 is 0 Å². The third-order valence-corrected chi connectivity index (χ3v) is 3.22. The molecule has 1 unspecified atom stereocenters. The fourth-order valence-corrected chi connectivity index (χ4v) is 2.46. The van der Waals surface area contributed by atoms with Gasteiger partial charge in [-0.15, -0.1) is 0 Å². The van der Waals surface area contributed by atoms with Gasteiger partial charge in [-0.05, 0) is 45.9 Å². The van der Waals surface area contributed by atoms with E-state index in [0.29, 0.717) is 6.04 Å². The van der Waals surface area contributed by atoms with Crippen LogP contribution in [-0.2, 0) is 6.42 Å². The number of hydrogen-bond donors (Lipinski definition) is 1. The van der Waals surface area contributed by atoms with Crippen LogP contribution in [0.15, 0.2) is 34.9 Å². The summed E-state index contributed by atoms with van der Waals surface area (Å²) in [6.45, 7) is 6.27. The molecule has 2 rings (SSSR count). The van der Waals surface area contributed by atoms with Gasteiger partial charge in [0.25, 0.3) is 0 Å². The van der Waals surface area contributed by atoms with Crippen LogP contribution in [0.5, 0.6) is 0 Å². The smallest absolute Gasteiger partial charge is 0.101 e. The molecule has 0 saturated carbocycles. The maximum absolute atomic E-state index is 5.39. The van der Waals surface area contributed by atoms with E-state index in [0.717, 1.165) is 12.2 Å². The molecule has 18 heavy (non-hydrogen) atoms. The summed E-state index contributed by atoms with van der Waals surface area (Å²) in [5.41, 5.74) is 5.23. The van der Waals surface area contributed by atoms with E-state index in [-0.39, 0.29) is 0 Å². The van der Waals surface area contributed by atoms with E-state index in [1.807, 2.05) is 20.2 Å². The summed E-state index contributed by atoms with van der Waals surface area (Å²) in [4.78, 5) is 0. The van der Waals surface area contributed by atoms with Gasteiger partial charge in [0, 0.05) is 11.6 Å². The van der Waals surface area contributed by atoms with Gasteiger partial charge in [-0.3, -0.25) is 0 Å². The Balaban J connectivity index is 2.20. The van der Waals surface area contributed by atoms with Gasteiger partial charge < -0.3 is 9.73 Å². The SMILES string of the molecule is CNC(Cc1cc(C)cc(C)c1)c1coc(C)c1. The second-order valence-electron chi connectivity index (χ2n) is 5.03. The Labute approximate surface area is 109 Å². The zero-order valence-electron chi connectivity index (χ0n) is 11.6. The first kappa shape index (κ1) is 12.9. The van der Waals surface area contributed by atoms with Crippen molar-refractivity contribution in [2.24, 2.45) is 0 Å². The predicted octanol–water partition coefficient (Wildman–Crippen LogP) is 3.71. The van der Waals surface area contributed by atoms with Crippen LogP contribution in [-0.4, -0.2) is 7.05 Å². The molecule has 0 spiro atoms. The van der Waals surface area contributed by atoms with Gasteiger partial charge in [-0.2, -0.15) is 0 Å². The predicted molar refractivity (Wildman–Crippen MR) is 74.9 cm³/mol. The Hall–Kier alpha value is -1.54. The van der Waals surface area contributed by atoms with Crippen molar-refractivity contribution in [2.45, 2.75) is 33.2 Å². The second kappa shape index (κ2) is 5.40. The van der Waals surface area contributed by atoms with Crippen LogP contribution in [0.2, 0.25) is 0 Å². The third kappa shape index (κ3) is 3.02. The van der Waals surface area contributed by atoms with Gasteiger partial charge in [0.2, 0.25) is 0 Å². The van der Waals surface area contributed by atoms with Crippen LogP contribution in [0.1, 0.15) is 34.1 Å². The molecule has 0 radical (unpaired) electrons. The lowest BCUT2D eigenvalue weighted by molar-refractivity contribution is 0.520. The number of likely N-dealkylation sites (N-methyl/N-ethyl adjacent to an activating group) is 1. The number of benzene rings is 1. The lowest BCUT2D eigenvalue weighted by Gasteiger charge is -2.15. The van der Waals surface area contributed by atoms with Crippen molar-refractivity contribution in [2.75, 3.05) is 7.05 Å². The highest BCUT2D eigenvalue weighted by Crippen LogP contribution is 2.21. The van der Waals surface area contributed by atoms with Crippen molar-refractivity contribution in [1.29, 1.82) is 0 Å². The molecule has 1 atom stereocenters. The average Bonchev–Trinajstić information content (AvgIpc) is 2.71. The molecule has 2 heteroatoms. The van der Waals surface area contributed by atoms with Gasteiger partial charge in [0.15, 0.2) is 0 Å². The van der Waals surface area contributed by atoms with Crippen LogP contribution in [0.25, 0.3) is 0 Å². The zero-order chi connectivity index (χ0) is 13.1. The van der Waals surface area contributed by atoms with Gasteiger partial charge in [-0.25, -0.2) is 0 Å². The van der Waals surface area contributed by atoms with Crippen molar-refractivity contribution in [1.82, 2.24) is 5.32 Å². The van der Waals surface area contributed by atoms with E-state index >= 15 is 0 Å².